The maximum absolute atomic E-state index is 12.4. The van der Waals surface area contributed by atoms with Crippen LogP contribution in [0.1, 0.15) is 22.8 Å². The third-order valence-corrected chi connectivity index (χ3v) is 4.24. The van der Waals surface area contributed by atoms with Crippen LogP contribution in [0.2, 0.25) is 0 Å². The normalized spacial score (nSPS) is 11.0. The molecule has 2 aromatic heterocycles. The van der Waals surface area contributed by atoms with Crippen molar-refractivity contribution in [3.05, 3.63) is 41.6 Å². The molecule has 0 amide bonds. The van der Waals surface area contributed by atoms with Gasteiger partial charge in [-0.25, -0.2) is 14.8 Å². The number of nitrogen functional groups attached to an aromatic ring is 1. The van der Waals surface area contributed by atoms with Gasteiger partial charge in [-0.05, 0) is 32.2 Å². The maximum atomic E-state index is 12.4. The van der Waals surface area contributed by atoms with Crippen molar-refractivity contribution in [2.75, 3.05) is 18.6 Å². The minimum absolute atomic E-state index is 0.274. The number of nitrogens with zero attached hydrogens (tertiary/aromatic N) is 3. The van der Waals surface area contributed by atoms with Crippen molar-refractivity contribution in [1.82, 2.24) is 14.5 Å². The Bertz CT molecular complexity index is 903. The minimum atomic E-state index is -0.475. The Morgan fingerprint density at radius 2 is 2.04 bits per heavy atom. The summed E-state index contributed by atoms with van der Waals surface area (Å²) in [5.41, 5.74) is 9.75. The van der Waals surface area contributed by atoms with Crippen LogP contribution in [-0.4, -0.2) is 33.4 Å². The molecule has 0 atom stereocenters. The smallest absolute Gasteiger partial charge is 0.344 e. The molecule has 0 unspecified atom stereocenters. The molecule has 3 rings (SSSR count). The van der Waals surface area contributed by atoms with Crippen molar-refractivity contribution in [2.45, 2.75) is 19.0 Å². The number of nitrogens with two attached hydrogens (primary N) is 1. The Morgan fingerprint density at radius 1 is 1.33 bits per heavy atom. The number of fused-ring (bicyclic) bond motifs is 1. The number of hydrogen-bond acceptors (Lipinski definition) is 6. The highest BCUT2D eigenvalue weighted by Gasteiger charge is 2.24. The van der Waals surface area contributed by atoms with Gasteiger partial charge in [0.2, 0.25) is 0 Å². The average Bonchev–Trinajstić information content (AvgIpc) is 2.87. The predicted octanol–water partition coefficient (Wildman–Crippen LogP) is 3.21. The molecule has 7 heteroatoms. The Morgan fingerprint density at radius 3 is 2.67 bits per heavy atom. The van der Waals surface area contributed by atoms with Crippen molar-refractivity contribution < 1.29 is 9.53 Å². The van der Waals surface area contributed by atoms with Crippen molar-refractivity contribution in [3.63, 3.8) is 0 Å². The molecule has 124 valence electrons. The lowest BCUT2D eigenvalue weighted by molar-refractivity contribution is 0.0529. The molecule has 2 N–H and O–H groups in total. The number of anilines is 1. The molecule has 1 aromatic carbocycles. The molecule has 0 fully saturated rings. The summed E-state index contributed by atoms with van der Waals surface area (Å²) in [6.07, 6.45) is 3.57. The zero-order valence-electron chi connectivity index (χ0n) is 13.7. The number of ether oxygens (including phenoxy) is 1. The highest BCUT2D eigenvalue weighted by Crippen LogP contribution is 2.31. The highest BCUT2D eigenvalue weighted by atomic mass is 32.2. The van der Waals surface area contributed by atoms with Crippen LogP contribution in [0.5, 0.6) is 0 Å². The SMILES string of the molecule is CCOC(=O)c1c(N)n(-c2ccc(C)cc2)c2cnc(SC)nc12. The van der Waals surface area contributed by atoms with Gasteiger partial charge in [-0.1, -0.05) is 29.5 Å². The van der Waals surface area contributed by atoms with Crippen molar-refractivity contribution in [2.24, 2.45) is 0 Å². The fraction of sp³-hybridized carbons (Fsp3) is 0.235. The van der Waals surface area contributed by atoms with E-state index in [4.69, 9.17) is 10.5 Å². The first-order chi connectivity index (χ1) is 11.6. The largest absolute Gasteiger partial charge is 0.462 e. The molecule has 0 bridgehead atoms. The molecule has 0 radical (unpaired) electrons. The van der Waals surface area contributed by atoms with Gasteiger partial charge in [-0.3, -0.25) is 4.57 Å². The second-order valence-corrected chi connectivity index (χ2v) is 6.02. The van der Waals surface area contributed by atoms with Gasteiger partial charge in [-0.15, -0.1) is 0 Å². The molecule has 0 aliphatic carbocycles. The van der Waals surface area contributed by atoms with E-state index in [1.54, 1.807) is 17.7 Å². The molecule has 0 aliphatic heterocycles. The molecular weight excluding hydrogens is 324 g/mol. The fourth-order valence-electron chi connectivity index (χ4n) is 2.54. The fourth-order valence-corrected chi connectivity index (χ4v) is 2.89. The predicted molar refractivity (Wildman–Crippen MR) is 95.8 cm³/mol. The van der Waals surface area contributed by atoms with Crippen molar-refractivity contribution >= 4 is 34.6 Å². The van der Waals surface area contributed by atoms with Crippen LogP contribution in [0.15, 0.2) is 35.6 Å². The number of aryl methyl sites for hydroxylation is 1. The highest BCUT2D eigenvalue weighted by molar-refractivity contribution is 7.98. The first kappa shape index (κ1) is 16.3. The third kappa shape index (κ3) is 2.71. The number of thioether (sulfide) groups is 1. The van der Waals surface area contributed by atoms with E-state index in [1.807, 2.05) is 37.4 Å². The zero-order chi connectivity index (χ0) is 17.3. The van der Waals surface area contributed by atoms with Gasteiger partial charge in [0.05, 0.1) is 18.3 Å². The molecule has 3 aromatic rings. The molecule has 24 heavy (non-hydrogen) atoms. The van der Waals surface area contributed by atoms with Gasteiger partial charge in [0.25, 0.3) is 0 Å². The van der Waals surface area contributed by atoms with Crippen LogP contribution in [0, 0.1) is 6.92 Å². The maximum Gasteiger partial charge on any atom is 0.344 e. The minimum Gasteiger partial charge on any atom is -0.462 e. The van der Waals surface area contributed by atoms with E-state index in [1.165, 1.54) is 11.8 Å². The number of benzene rings is 1. The molecule has 0 spiro atoms. The van der Waals surface area contributed by atoms with Crippen LogP contribution >= 0.6 is 11.8 Å². The van der Waals surface area contributed by atoms with Crippen molar-refractivity contribution in [1.29, 1.82) is 0 Å². The van der Waals surface area contributed by atoms with Gasteiger partial charge in [0, 0.05) is 5.69 Å². The topological polar surface area (TPSA) is 83.0 Å². The molecule has 0 aliphatic rings. The number of carbonyl (C=O) groups is 1. The van der Waals surface area contributed by atoms with Crippen LogP contribution < -0.4 is 5.73 Å². The number of rotatable bonds is 4. The summed E-state index contributed by atoms with van der Waals surface area (Å²) in [5.74, 6) is -0.170. The quantitative estimate of drug-likeness (QED) is 0.445. The Kier molecular flexibility index (Phi) is 4.44. The van der Waals surface area contributed by atoms with Crippen molar-refractivity contribution in [3.8, 4) is 5.69 Å². The van der Waals surface area contributed by atoms with E-state index in [2.05, 4.69) is 9.97 Å². The average molecular weight is 342 g/mol. The van der Waals surface area contributed by atoms with Crippen LogP contribution in [0.25, 0.3) is 16.7 Å². The lowest BCUT2D eigenvalue weighted by Crippen LogP contribution is -2.09. The van der Waals surface area contributed by atoms with Gasteiger partial charge in [-0.2, -0.15) is 0 Å². The molecular formula is C17H18N4O2S. The number of hydrogen-bond donors (Lipinski definition) is 1. The van der Waals surface area contributed by atoms with Crippen LogP contribution in [0.3, 0.4) is 0 Å². The van der Waals surface area contributed by atoms with E-state index < -0.39 is 5.97 Å². The summed E-state index contributed by atoms with van der Waals surface area (Å²) in [6.45, 7) is 4.05. The van der Waals surface area contributed by atoms with E-state index in [-0.39, 0.29) is 12.2 Å². The number of esters is 1. The summed E-state index contributed by atoms with van der Waals surface area (Å²) in [6, 6.07) is 7.87. The van der Waals surface area contributed by atoms with Gasteiger partial charge in [0.1, 0.15) is 16.9 Å². The lowest BCUT2D eigenvalue weighted by atomic mass is 10.2. The molecule has 0 saturated carbocycles. The Hall–Kier alpha value is -2.54. The summed E-state index contributed by atoms with van der Waals surface area (Å²) >= 11 is 1.41. The van der Waals surface area contributed by atoms with Crippen LogP contribution in [-0.2, 0) is 4.74 Å². The lowest BCUT2D eigenvalue weighted by Gasteiger charge is -2.08. The van der Waals surface area contributed by atoms with E-state index >= 15 is 0 Å². The molecule has 6 nitrogen and oxygen atoms in total. The summed E-state index contributed by atoms with van der Waals surface area (Å²) in [5, 5.41) is 0.578. The Balaban J connectivity index is 2.31. The monoisotopic (exact) mass is 342 g/mol. The van der Waals surface area contributed by atoms with E-state index in [0.29, 0.717) is 22.0 Å². The standard InChI is InChI=1S/C17H18N4O2S/c1-4-23-16(22)13-14-12(9-19-17(20-14)24-3)21(15(13)18)11-7-5-10(2)6-8-11/h5-9H,4,18H2,1-3H3. The van der Waals surface area contributed by atoms with Crippen LogP contribution in [0.4, 0.5) is 5.82 Å². The van der Waals surface area contributed by atoms with Gasteiger partial charge >= 0.3 is 5.97 Å². The van der Waals surface area contributed by atoms with E-state index in [9.17, 15) is 4.79 Å². The summed E-state index contributed by atoms with van der Waals surface area (Å²) in [4.78, 5) is 21.2. The number of carbonyl (C=O) groups excluding carboxylic acids is 1. The van der Waals surface area contributed by atoms with Gasteiger partial charge < -0.3 is 10.5 Å². The first-order valence-electron chi connectivity index (χ1n) is 7.51. The second-order valence-electron chi connectivity index (χ2n) is 5.24. The molecule has 0 saturated heterocycles. The summed E-state index contributed by atoms with van der Waals surface area (Å²) < 4.78 is 6.94. The molecule has 2 heterocycles. The van der Waals surface area contributed by atoms with E-state index in [0.717, 1.165) is 11.3 Å². The van der Waals surface area contributed by atoms with Gasteiger partial charge in [0.15, 0.2) is 5.16 Å². The second kappa shape index (κ2) is 6.52. The third-order valence-electron chi connectivity index (χ3n) is 3.68. The zero-order valence-corrected chi connectivity index (χ0v) is 14.6. The Labute approximate surface area is 144 Å². The summed E-state index contributed by atoms with van der Waals surface area (Å²) in [7, 11) is 0. The number of aromatic nitrogens is 3. The first-order valence-corrected chi connectivity index (χ1v) is 8.74.